The maximum absolute atomic E-state index is 13.4. The number of hydrogen-bond donors (Lipinski definition) is 2. The maximum atomic E-state index is 13.4. The van der Waals surface area contributed by atoms with Gasteiger partial charge in [0.2, 0.25) is 0 Å². The summed E-state index contributed by atoms with van der Waals surface area (Å²) in [7, 11) is 0. The Kier molecular flexibility index (Phi) is 6.93. The van der Waals surface area contributed by atoms with Crippen molar-refractivity contribution in [1.29, 1.82) is 0 Å². The number of carbonyl (C=O) groups excluding carboxylic acids is 1. The number of nitrogens with one attached hydrogen (secondary N) is 1. The quantitative estimate of drug-likeness (QED) is 0.637. The third kappa shape index (κ3) is 5.10. The zero-order valence-corrected chi connectivity index (χ0v) is 20.1. The molecule has 9 nitrogen and oxygen atoms in total. The first-order chi connectivity index (χ1) is 14.8. The predicted octanol–water partition coefficient (Wildman–Crippen LogP) is 3.39. The van der Waals surface area contributed by atoms with Gasteiger partial charge in [0.1, 0.15) is 17.8 Å². The molecular weight excluding hydrogens is 416 g/mol. The first kappa shape index (κ1) is 24.5. The highest BCUT2D eigenvalue weighted by Gasteiger charge is 2.61. The van der Waals surface area contributed by atoms with Crippen LogP contribution >= 0.6 is 0 Å². The average molecular weight is 453 g/mol. The SMILES string of the molecule is CCCCOC[C@@H]1[C@H]2OC(C)(C)O[C@H]2[C@H](c2cc(C)c(O)[nH]c2=O)N1C(=O)OC(C)(C)C. The monoisotopic (exact) mass is 452 g/mol. The second kappa shape index (κ2) is 9.03. The van der Waals surface area contributed by atoms with E-state index in [4.69, 9.17) is 18.9 Å². The van der Waals surface area contributed by atoms with Gasteiger partial charge in [-0.2, -0.15) is 0 Å². The molecule has 4 atom stereocenters. The molecule has 9 heteroatoms. The highest BCUT2D eigenvalue weighted by Crippen LogP contribution is 2.47. The van der Waals surface area contributed by atoms with Gasteiger partial charge in [-0.15, -0.1) is 0 Å². The normalized spacial score (nSPS) is 26.9. The number of H-pyrrole nitrogens is 1. The minimum atomic E-state index is -0.881. The summed E-state index contributed by atoms with van der Waals surface area (Å²) in [6.07, 6.45) is 0.219. The summed E-state index contributed by atoms with van der Waals surface area (Å²) in [5.74, 6) is -1.09. The van der Waals surface area contributed by atoms with Crippen LogP contribution in [0.15, 0.2) is 10.9 Å². The molecule has 3 rings (SSSR count). The van der Waals surface area contributed by atoms with Gasteiger partial charge in [0, 0.05) is 17.7 Å². The smallest absolute Gasteiger partial charge is 0.411 e. The average Bonchev–Trinajstić information content (AvgIpc) is 3.11. The van der Waals surface area contributed by atoms with Crippen LogP contribution in [-0.2, 0) is 18.9 Å². The summed E-state index contributed by atoms with van der Waals surface area (Å²) in [6.45, 7) is 13.5. The number of aryl methyl sites for hydroxylation is 1. The van der Waals surface area contributed by atoms with Crippen LogP contribution in [0.2, 0.25) is 0 Å². The van der Waals surface area contributed by atoms with Gasteiger partial charge in [-0.3, -0.25) is 14.7 Å². The van der Waals surface area contributed by atoms with Crippen molar-refractivity contribution in [3.63, 3.8) is 0 Å². The second-order valence-electron chi connectivity index (χ2n) is 9.98. The molecule has 2 fully saturated rings. The number of nitrogens with zero attached hydrogens (tertiary/aromatic N) is 1. The summed E-state index contributed by atoms with van der Waals surface area (Å²) in [5, 5.41) is 9.95. The zero-order valence-electron chi connectivity index (χ0n) is 20.1. The molecule has 0 aromatic carbocycles. The lowest BCUT2D eigenvalue weighted by Crippen LogP contribution is -2.48. The lowest BCUT2D eigenvalue weighted by molar-refractivity contribution is -0.170. The number of amides is 1. The molecule has 1 aromatic heterocycles. The largest absolute Gasteiger partial charge is 0.494 e. The van der Waals surface area contributed by atoms with Crippen molar-refractivity contribution in [2.45, 2.75) is 97.0 Å². The third-order valence-corrected chi connectivity index (χ3v) is 5.60. The predicted molar refractivity (Wildman–Crippen MR) is 118 cm³/mol. The van der Waals surface area contributed by atoms with E-state index in [0.29, 0.717) is 17.7 Å². The van der Waals surface area contributed by atoms with Crippen molar-refractivity contribution in [1.82, 2.24) is 9.88 Å². The summed E-state index contributed by atoms with van der Waals surface area (Å²) >= 11 is 0. The van der Waals surface area contributed by atoms with Gasteiger partial charge in [0.25, 0.3) is 5.56 Å². The van der Waals surface area contributed by atoms with Crippen molar-refractivity contribution in [3.8, 4) is 5.88 Å². The minimum absolute atomic E-state index is 0.208. The molecule has 3 heterocycles. The summed E-state index contributed by atoms with van der Waals surface area (Å²) in [5.41, 5.74) is -0.434. The van der Waals surface area contributed by atoms with E-state index in [1.807, 2.05) is 13.8 Å². The number of fused-ring (bicyclic) bond motifs is 1. The Morgan fingerprint density at radius 2 is 1.94 bits per heavy atom. The molecule has 1 aromatic rings. The lowest BCUT2D eigenvalue weighted by Gasteiger charge is -2.35. The van der Waals surface area contributed by atoms with Gasteiger partial charge in [0.05, 0.1) is 18.7 Å². The first-order valence-electron chi connectivity index (χ1n) is 11.2. The van der Waals surface area contributed by atoms with Crippen LogP contribution in [0, 0.1) is 6.92 Å². The fourth-order valence-electron chi connectivity index (χ4n) is 4.26. The topological polar surface area (TPSA) is 110 Å². The lowest BCUT2D eigenvalue weighted by atomic mass is 10.0. The standard InChI is InChI=1S/C23H36N2O7/c1-8-9-10-29-12-15-17-18(31-23(6,7)30-17)16(25(15)21(28)32-22(3,4)5)14-11-13(2)19(26)24-20(14)27/h11,15-18H,8-10,12H2,1-7H3,(H2,24,26,27)/t15-,16+,17-,18+/m1/s1. The summed E-state index contributed by atoms with van der Waals surface area (Å²) in [6, 6.07) is 0.314. The summed E-state index contributed by atoms with van der Waals surface area (Å²) < 4.78 is 24.0. The van der Waals surface area contributed by atoms with E-state index in [2.05, 4.69) is 11.9 Å². The zero-order chi connectivity index (χ0) is 23.8. The maximum Gasteiger partial charge on any atom is 0.411 e. The van der Waals surface area contributed by atoms with E-state index >= 15 is 0 Å². The van der Waals surface area contributed by atoms with Crippen molar-refractivity contribution in [2.24, 2.45) is 0 Å². The first-order valence-corrected chi connectivity index (χ1v) is 11.2. The molecule has 0 aliphatic carbocycles. The Balaban J connectivity index is 2.06. The fraction of sp³-hybridized carbons (Fsp3) is 0.739. The molecule has 0 unspecified atom stereocenters. The van der Waals surface area contributed by atoms with Gasteiger partial charge < -0.3 is 24.1 Å². The minimum Gasteiger partial charge on any atom is -0.494 e. The molecule has 2 saturated heterocycles. The van der Waals surface area contributed by atoms with Crippen LogP contribution in [-0.4, -0.2) is 63.9 Å². The van der Waals surface area contributed by atoms with Crippen LogP contribution in [0.5, 0.6) is 5.88 Å². The van der Waals surface area contributed by atoms with E-state index in [1.165, 1.54) is 4.90 Å². The number of unbranched alkanes of at least 4 members (excludes halogenated alkanes) is 1. The number of hydrogen-bond acceptors (Lipinski definition) is 7. The van der Waals surface area contributed by atoms with Gasteiger partial charge >= 0.3 is 6.09 Å². The highest BCUT2D eigenvalue weighted by atomic mass is 16.8. The van der Waals surface area contributed by atoms with E-state index in [0.717, 1.165) is 12.8 Å². The number of aromatic hydroxyl groups is 1. The van der Waals surface area contributed by atoms with Crippen LogP contribution in [0.25, 0.3) is 0 Å². The number of pyridine rings is 1. The molecule has 2 aliphatic heterocycles. The molecule has 0 spiro atoms. The molecule has 1 amide bonds. The van der Waals surface area contributed by atoms with Gasteiger partial charge in [-0.1, -0.05) is 13.3 Å². The van der Waals surface area contributed by atoms with Crippen LogP contribution < -0.4 is 5.56 Å². The molecule has 2 aliphatic rings. The van der Waals surface area contributed by atoms with Crippen LogP contribution in [0.1, 0.15) is 71.6 Å². The van der Waals surface area contributed by atoms with Crippen LogP contribution in [0.4, 0.5) is 4.79 Å². The number of ether oxygens (including phenoxy) is 4. The number of aromatic nitrogens is 1. The fourth-order valence-corrected chi connectivity index (χ4v) is 4.26. The Morgan fingerprint density at radius 1 is 1.28 bits per heavy atom. The molecule has 0 saturated carbocycles. The third-order valence-electron chi connectivity index (χ3n) is 5.60. The number of carbonyl (C=O) groups is 1. The Morgan fingerprint density at radius 3 is 2.56 bits per heavy atom. The van der Waals surface area contributed by atoms with E-state index in [1.54, 1.807) is 33.8 Å². The van der Waals surface area contributed by atoms with Crippen molar-refractivity contribution in [3.05, 3.63) is 27.5 Å². The molecule has 32 heavy (non-hydrogen) atoms. The Bertz CT molecular complexity index is 889. The molecule has 2 N–H and O–H groups in total. The highest BCUT2D eigenvalue weighted by molar-refractivity contribution is 5.70. The molecule has 0 radical (unpaired) electrons. The Hall–Kier alpha value is -2.10. The molecule has 0 bridgehead atoms. The van der Waals surface area contributed by atoms with Gasteiger partial charge in [0.15, 0.2) is 11.7 Å². The number of rotatable bonds is 6. The van der Waals surface area contributed by atoms with Crippen molar-refractivity contribution < 1.29 is 28.8 Å². The van der Waals surface area contributed by atoms with E-state index in [-0.39, 0.29) is 12.5 Å². The van der Waals surface area contributed by atoms with Crippen LogP contribution in [0.3, 0.4) is 0 Å². The van der Waals surface area contributed by atoms with Gasteiger partial charge in [-0.25, -0.2) is 4.79 Å². The Labute approximate surface area is 189 Å². The number of likely N-dealkylation sites (tertiary alicyclic amines) is 1. The second-order valence-corrected chi connectivity index (χ2v) is 9.98. The van der Waals surface area contributed by atoms with E-state index < -0.39 is 47.3 Å². The molecule has 180 valence electrons. The molecular formula is C23H36N2O7. The van der Waals surface area contributed by atoms with Gasteiger partial charge in [-0.05, 0) is 54.0 Å². The number of aromatic amines is 1. The summed E-state index contributed by atoms with van der Waals surface area (Å²) in [4.78, 5) is 30.2. The van der Waals surface area contributed by atoms with Crippen molar-refractivity contribution in [2.75, 3.05) is 13.2 Å². The van der Waals surface area contributed by atoms with E-state index in [9.17, 15) is 14.7 Å². The van der Waals surface area contributed by atoms with Crippen molar-refractivity contribution >= 4 is 6.09 Å².